The Bertz CT molecular complexity index is 1560. The van der Waals surface area contributed by atoms with Crippen LogP contribution in [0, 0.1) is 12.8 Å². The van der Waals surface area contributed by atoms with E-state index in [1.54, 1.807) is 57.4 Å². The molecule has 0 saturated heterocycles. The van der Waals surface area contributed by atoms with E-state index in [2.05, 4.69) is 11.4 Å². The number of carbonyl (C=O) groups is 2. The Morgan fingerprint density at radius 2 is 1.64 bits per heavy atom. The Morgan fingerprint density at radius 3 is 2.21 bits per heavy atom. The minimum atomic E-state index is -2.43. The second kappa shape index (κ2) is 13.8. The van der Waals surface area contributed by atoms with Crippen LogP contribution >= 0.6 is 0 Å². The highest BCUT2D eigenvalue weighted by atomic mass is 32.2. The van der Waals surface area contributed by atoms with Crippen molar-refractivity contribution in [3.05, 3.63) is 83.6 Å². The molecule has 2 unspecified atom stereocenters. The maximum absolute atomic E-state index is 13.2. The molecule has 42 heavy (non-hydrogen) atoms. The van der Waals surface area contributed by atoms with Gasteiger partial charge in [0.2, 0.25) is 0 Å². The highest BCUT2D eigenvalue weighted by Crippen LogP contribution is 2.31. The molecular weight excluding hydrogens is 556 g/mol. The van der Waals surface area contributed by atoms with Gasteiger partial charge in [0.05, 0.1) is 12.8 Å². The maximum Gasteiger partial charge on any atom is 0.329 e. The lowest BCUT2D eigenvalue weighted by molar-refractivity contribution is -0.142. The molecule has 0 aliphatic rings. The molecule has 0 spiro atoms. The van der Waals surface area contributed by atoms with Crippen molar-refractivity contribution < 1.29 is 32.2 Å². The number of carbonyl (C=O) groups excluding carboxylic acids is 2. The lowest BCUT2D eigenvalue weighted by atomic mass is 10.0. The number of benzene rings is 3. The van der Waals surface area contributed by atoms with Crippen molar-refractivity contribution in [1.82, 2.24) is 0 Å². The first kappa shape index (κ1) is 31.0. The highest BCUT2D eigenvalue weighted by molar-refractivity contribution is 7.80. The van der Waals surface area contributed by atoms with Crippen LogP contribution in [0.2, 0.25) is 0 Å². The second-order valence-electron chi connectivity index (χ2n) is 10.3. The van der Waals surface area contributed by atoms with Crippen molar-refractivity contribution >= 4 is 45.5 Å². The molecular formula is C32H36N2O7S. The van der Waals surface area contributed by atoms with Crippen molar-refractivity contribution in [2.75, 3.05) is 30.4 Å². The second-order valence-corrected chi connectivity index (χ2v) is 11.1. The van der Waals surface area contributed by atoms with Crippen LogP contribution in [0.4, 0.5) is 11.4 Å². The first-order valence-electron chi connectivity index (χ1n) is 13.7. The van der Waals surface area contributed by atoms with Gasteiger partial charge >= 0.3 is 5.97 Å². The van der Waals surface area contributed by atoms with Crippen LogP contribution in [0.1, 0.15) is 41.9 Å². The standard InChI is InChI=1S/C32H36N2O7S/c1-20(2)29(32(36)40-5)34(42(37)38)26-17-13-23(14-18-26)22-11-15-25(16-12-22)33-31(35)30-21(3)28-24(9-7-19-39-4)8-6-10-27(28)41-30/h6,8,10-18,20,29H,7,9,19H2,1-5H3,(H,33,35)(H,37,38). The molecule has 4 rings (SSSR count). The van der Waals surface area contributed by atoms with Gasteiger partial charge in [0.1, 0.15) is 11.6 Å². The SMILES string of the molecule is COCCCc1cccc2oc(C(=O)Nc3ccc(-c4ccc(N(C(C(=O)OC)C(C)C)S(=O)O)cc4)cc3)c(C)c12. The molecule has 4 aromatic rings. The van der Waals surface area contributed by atoms with Crippen LogP contribution in [0.25, 0.3) is 22.1 Å². The molecule has 0 aliphatic heterocycles. The molecule has 0 bridgehead atoms. The van der Waals surface area contributed by atoms with Gasteiger partial charge in [0.25, 0.3) is 17.2 Å². The number of nitrogens with zero attached hydrogens (tertiary/aromatic N) is 1. The van der Waals surface area contributed by atoms with Crippen molar-refractivity contribution in [2.24, 2.45) is 5.92 Å². The van der Waals surface area contributed by atoms with Gasteiger partial charge in [-0.25, -0.2) is 9.00 Å². The van der Waals surface area contributed by atoms with E-state index in [0.29, 0.717) is 23.6 Å². The predicted octanol–water partition coefficient (Wildman–Crippen LogP) is 6.38. The largest absolute Gasteiger partial charge is 0.467 e. The van der Waals surface area contributed by atoms with Crippen LogP contribution in [0.3, 0.4) is 0 Å². The van der Waals surface area contributed by atoms with Crippen LogP contribution in [-0.2, 0) is 32.0 Å². The summed E-state index contributed by atoms with van der Waals surface area (Å²) < 4.78 is 39.3. The Balaban J connectivity index is 1.50. The van der Waals surface area contributed by atoms with Gasteiger partial charge in [-0.2, -0.15) is 0 Å². The molecule has 2 N–H and O–H groups in total. The molecule has 9 nitrogen and oxygen atoms in total. The van der Waals surface area contributed by atoms with Gasteiger partial charge < -0.3 is 19.2 Å². The number of aryl methyl sites for hydroxylation is 2. The third-order valence-corrected chi connectivity index (χ3v) is 7.91. The molecule has 1 amide bonds. The van der Waals surface area contributed by atoms with E-state index in [1.807, 2.05) is 31.2 Å². The molecule has 1 aromatic heterocycles. The van der Waals surface area contributed by atoms with E-state index in [9.17, 15) is 18.4 Å². The predicted molar refractivity (Wildman–Crippen MR) is 165 cm³/mol. The van der Waals surface area contributed by atoms with Gasteiger partial charge in [-0.1, -0.05) is 50.2 Å². The Hall–Kier alpha value is -3.99. The molecule has 0 saturated carbocycles. The van der Waals surface area contributed by atoms with E-state index in [-0.39, 0.29) is 17.6 Å². The first-order valence-corrected chi connectivity index (χ1v) is 14.7. The highest BCUT2D eigenvalue weighted by Gasteiger charge is 2.33. The normalized spacial score (nSPS) is 12.7. The minimum Gasteiger partial charge on any atom is -0.467 e. The molecule has 1 heterocycles. The number of hydrogen-bond acceptors (Lipinski definition) is 6. The number of hydrogen-bond donors (Lipinski definition) is 2. The van der Waals surface area contributed by atoms with Gasteiger partial charge in [-0.05, 0) is 72.7 Å². The third-order valence-electron chi connectivity index (χ3n) is 7.13. The zero-order valence-electron chi connectivity index (χ0n) is 24.4. The summed E-state index contributed by atoms with van der Waals surface area (Å²) in [7, 11) is 2.94. The molecule has 10 heteroatoms. The van der Waals surface area contributed by atoms with Crippen LogP contribution < -0.4 is 9.62 Å². The quantitative estimate of drug-likeness (QED) is 0.111. The lowest BCUT2D eigenvalue weighted by Crippen LogP contribution is -2.46. The number of esters is 1. The van der Waals surface area contributed by atoms with Crippen molar-refractivity contribution in [2.45, 2.75) is 39.7 Å². The monoisotopic (exact) mass is 592 g/mol. The van der Waals surface area contributed by atoms with Crippen LogP contribution in [0.15, 0.2) is 71.1 Å². The number of rotatable bonds is 12. The number of fused-ring (bicyclic) bond motifs is 1. The summed E-state index contributed by atoms with van der Waals surface area (Å²) in [5.41, 5.74) is 5.37. The summed E-state index contributed by atoms with van der Waals surface area (Å²) in [6.07, 6.45) is 1.70. The zero-order chi connectivity index (χ0) is 30.4. The fourth-order valence-electron chi connectivity index (χ4n) is 5.06. The number of ether oxygens (including phenoxy) is 2. The van der Waals surface area contributed by atoms with Gasteiger partial charge in [0, 0.05) is 30.4 Å². The van der Waals surface area contributed by atoms with Crippen molar-refractivity contribution in [1.29, 1.82) is 0 Å². The average Bonchev–Trinajstić information content (AvgIpc) is 3.33. The summed E-state index contributed by atoms with van der Waals surface area (Å²) in [6, 6.07) is 19.3. The molecule has 0 fully saturated rings. The average molecular weight is 593 g/mol. The summed E-state index contributed by atoms with van der Waals surface area (Å²) in [4.78, 5) is 25.5. The Labute approximate surface area is 248 Å². The number of amides is 1. The summed E-state index contributed by atoms with van der Waals surface area (Å²) in [5, 5.41) is 3.89. The Morgan fingerprint density at radius 1 is 1.00 bits per heavy atom. The zero-order valence-corrected chi connectivity index (χ0v) is 25.2. The van der Waals surface area contributed by atoms with Crippen LogP contribution in [-0.4, -0.2) is 47.5 Å². The summed E-state index contributed by atoms with van der Waals surface area (Å²) >= 11 is -2.43. The minimum absolute atomic E-state index is 0.262. The van der Waals surface area contributed by atoms with E-state index in [1.165, 1.54) is 7.11 Å². The third kappa shape index (κ3) is 6.73. The summed E-state index contributed by atoms with van der Waals surface area (Å²) in [6.45, 7) is 6.13. The fraction of sp³-hybridized carbons (Fsp3) is 0.312. The molecule has 0 radical (unpaired) electrons. The van der Waals surface area contributed by atoms with Crippen LogP contribution in [0.5, 0.6) is 0 Å². The lowest BCUT2D eigenvalue weighted by Gasteiger charge is -2.30. The van der Waals surface area contributed by atoms with Crippen molar-refractivity contribution in [3.8, 4) is 11.1 Å². The number of furan rings is 1. The number of methoxy groups -OCH3 is 2. The number of nitrogens with one attached hydrogen (secondary N) is 1. The van der Waals surface area contributed by atoms with Gasteiger partial charge in [0.15, 0.2) is 5.76 Å². The van der Waals surface area contributed by atoms with E-state index < -0.39 is 23.3 Å². The fourth-order valence-corrected chi connectivity index (χ4v) is 5.89. The molecule has 222 valence electrons. The molecule has 2 atom stereocenters. The molecule has 3 aromatic carbocycles. The van der Waals surface area contributed by atoms with E-state index in [4.69, 9.17) is 13.9 Å². The van der Waals surface area contributed by atoms with E-state index in [0.717, 1.165) is 44.8 Å². The number of anilines is 2. The Kier molecular flexibility index (Phi) is 10.2. The smallest absolute Gasteiger partial charge is 0.329 e. The first-order chi connectivity index (χ1) is 20.2. The maximum atomic E-state index is 13.2. The van der Waals surface area contributed by atoms with Gasteiger partial charge in [-0.15, -0.1) is 0 Å². The topological polar surface area (TPSA) is 118 Å². The summed E-state index contributed by atoms with van der Waals surface area (Å²) in [5.74, 6) is -0.899. The van der Waals surface area contributed by atoms with Gasteiger partial charge in [-0.3, -0.25) is 13.7 Å². The van der Waals surface area contributed by atoms with E-state index >= 15 is 0 Å². The van der Waals surface area contributed by atoms with Crippen molar-refractivity contribution in [3.63, 3.8) is 0 Å². The molecule has 0 aliphatic carbocycles.